The summed E-state index contributed by atoms with van der Waals surface area (Å²) in [4.78, 5) is 20.2. The van der Waals surface area contributed by atoms with E-state index in [1.54, 1.807) is 30.5 Å². The number of aryl methyl sites for hydroxylation is 1. The Balaban J connectivity index is 1.59. The number of para-hydroxylation sites is 1. The number of halogens is 3. The molecule has 1 aliphatic heterocycles. The van der Waals surface area contributed by atoms with Crippen molar-refractivity contribution in [1.29, 1.82) is 0 Å². The van der Waals surface area contributed by atoms with Gasteiger partial charge in [-0.05, 0) is 73.7 Å². The van der Waals surface area contributed by atoms with Crippen LogP contribution in [-0.2, 0) is 6.18 Å². The zero-order valence-corrected chi connectivity index (χ0v) is 19.8. The van der Waals surface area contributed by atoms with Crippen molar-refractivity contribution in [2.75, 3.05) is 18.0 Å². The molecule has 184 valence electrons. The summed E-state index contributed by atoms with van der Waals surface area (Å²) in [6, 6.07) is 17.6. The van der Waals surface area contributed by atoms with E-state index < -0.39 is 17.3 Å². The first-order valence-electron chi connectivity index (χ1n) is 11.9. The van der Waals surface area contributed by atoms with Crippen LogP contribution >= 0.6 is 0 Å². The van der Waals surface area contributed by atoms with Gasteiger partial charge in [-0.15, -0.1) is 0 Å². The van der Waals surface area contributed by atoms with E-state index in [1.807, 2.05) is 19.1 Å². The molecular formula is C28H25F3N4O. The lowest BCUT2D eigenvalue weighted by molar-refractivity contribution is -0.137. The topological polar surface area (TPSA) is 50.5 Å². The number of piperidine rings is 1. The molecule has 5 rings (SSSR count). The van der Waals surface area contributed by atoms with Crippen molar-refractivity contribution in [3.8, 4) is 11.4 Å². The second kappa shape index (κ2) is 9.60. The van der Waals surface area contributed by atoms with Crippen LogP contribution in [0.2, 0.25) is 0 Å². The molecule has 0 unspecified atom stereocenters. The number of fused-ring (bicyclic) bond motifs is 1. The van der Waals surface area contributed by atoms with Crippen LogP contribution in [0.25, 0.3) is 22.3 Å². The van der Waals surface area contributed by atoms with Crippen molar-refractivity contribution in [2.45, 2.75) is 32.4 Å². The summed E-state index contributed by atoms with van der Waals surface area (Å²) in [5, 5.41) is 4.75. The van der Waals surface area contributed by atoms with Crippen LogP contribution in [0, 0.1) is 6.92 Å². The van der Waals surface area contributed by atoms with E-state index in [0.717, 1.165) is 46.7 Å². The number of rotatable bonds is 4. The molecule has 36 heavy (non-hydrogen) atoms. The maximum Gasteiger partial charge on any atom is 0.416 e. The highest BCUT2D eigenvalue weighted by molar-refractivity contribution is 5.84. The molecule has 3 aromatic carbocycles. The van der Waals surface area contributed by atoms with Crippen LogP contribution in [0.15, 0.2) is 76.6 Å². The first-order valence-corrected chi connectivity index (χ1v) is 11.9. The van der Waals surface area contributed by atoms with E-state index in [1.165, 1.54) is 31.4 Å². The maximum atomic E-state index is 13.4. The fraction of sp³-hybridized carbons (Fsp3) is 0.250. The van der Waals surface area contributed by atoms with Gasteiger partial charge in [0.1, 0.15) is 0 Å². The fourth-order valence-corrected chi connectivity index (χ4v) is 4.53. The summed E-state index contributed by atoms with van der Waals surface area (Å²) in [6.07, 6.45) is 0.651. The standard InChI is InChI=1S/C28H25F3N4O/c1-19-16-23(34-14-5-2-6-15-34)13-12-21(19)18-32-35-26(20-8-7-9-22(17-20)28(29,30)31)33-25-11-4-3-10-24(25)27(35)36/h3-4,7-13,16-18H,2,5-6,14-15H2,1H3. The van der Waals surface area contributed by atoms with Crippen LogP contribution in [0.5, 0.6) is 0 Å². The summed E-state index contributed by atoms with van der Waals surface area (Å²) in [5.41, 5.74) is 2.23. The third kappa shape index (κ3) is 4.76. The van der Waals surface area contributed by atoms with Gasteiger partial charge < -0.3 is 4.90 Å². The lowest BCUT2D eigenvalue weighted by Crippen LogP contribution is -2.29. The first kappa shape index (κ1) is 23.8. The molecule has 1 aromatic heterocycles. The normalized spacial score (nSPS) is 14.6. The molecule has 1 fully saturated rings. The average molecular weight is 491 g/mol. The van der Waals surface area contributed by atoms with E-state index in [0.29, 0.717) is 10.9 Å². The summed E-state index contributed by atoms with van der Waals surface area (Å²) >= 11 is 0. The third-order valence-electron chi connectivity index (χ3n) is 6.49. The highest BCUT2D eigenvalue weighted by atomic mass is 19.4. The van der Waals surface area contributed by atoms with Crippen LogP contribution in [0.1, 0.15) is 36.0 Å². The minimum Gasteiger partial charge on any atom is -0.372 e. The Morgan fingerprint density at radius 3 is 2.47 bits per heavy atom. The Kier molecular flexibility index (Phi) is 6.35. The van der Waals surface area contributed by atoms with Crippen LogP contribution in [0.3, 0.4) is 0 Å². The van der Waals surface area contributed by atoms with Crippen molar-refractivity contribution in [1.82, 2.24) is 9.66 Å². The molecule has 5 nitrogen and oxygen atoms in total. The summed E-state index contributed by atoms with van der Waals surface area (Å²) in [5.74, 6) is 0.0450. The molecule has 0 spiro atoms. The van der Waals surface area contributed by atoms with Crippen LogP contribution in [-0.4, -0.2) is 29.0 Å². The molecule has 2 heterocycles. The number of alkyl halides is 3. The lowest BCUT2D eigenvalue weighted by Gasteiger charge is -2.29. The quantitative estimate of drug-likeness (QED) is 0.317. The summed E-state index contributed by atoms with van der Waals surface area (Å²) in [6.45, 7) is 4.04. The number of hydrogen-bond acceptors (Lipinski definition) is 4. The molecule has 0 saturated carbocycles. The smallest absolute Gasteiger partial charge is 0.372 e. The van der Waals surface area contributed by atoms with Gasteiger partial charge in [-0.25, -0.2) is 4.98 Å². The Morgan fingerprint density at radius 1 is 0.944 bits per heavy atom. The predicted octanol–water partition coefficient (Wildman–Crippen LogP) is 6.26. The van der Waals surface area contributed by atoms with E-state index >= 15 is 0 Å². The lowest BCUT2D eigenvalue weighted by atomic mass is 10.1. The maximum absolute atomic E-state index is 13.4. The first-order chi connectivity index (χ1) is 17.3. The molecule has 0 amide bonds. The van der Waals surface area contributed by atoms with Gasteiger partial charge in [-0.3, -0.25) is 4.79 Å². The molecule has 0 bridgehead atoms. The molecule has 0 atom stereocenters. The highest BCUT2D eigenvalue weighted by Gasteiger charge is 2.31. The van der Waals surface area contributed by atoms with Crippen LogP contribution < -0.4 is 10.5 Å². The summed E-state index contributed by atoms with van der Waals surface area (Å²) < 4.78 is 41.2. The van der Waals surface area contributed by atoms with Crippen molar-refractivity contribution in [2.24, 2.45) is 5.10 Å². The van der Waals surface area contributed by atoms with Crippen molar-refractivity contribution >= 4 is 22.8 Å². The van der Waals surface area contributed by atoms with Crippen LogP contribution in [0.4, 0.5) is 18.9 Å². The molecule has 0 aliphatic carbocycles. The minimum atomic E-state index is -4.52. The van der Waals surface area contributed by atoms with Gasteiger partial charge in [0.2, 0.25) is 0 Å². The van der Waals surface area contributed by atoms with Gasteiger partial charge in [-0.1, -0.05) is 30.3 Å². The van der Waals surface area contributed by atoms with Crippen molar-refractivity contribution in [3.05, 3.63) is 93.8 Å². The van der Waals surface area contributed by atoms with Gasteiger partial charge in [0, 0.05) is 24.3 Å². The van der Waals surface area contributed by atoms with E-state index in [2.05, 4.69) is 21.1 Å². The van der Waals surface area contributed by atoms with Gasteiger partial charge in [0.05, 0.1) is 22.7 Å². The average Bonchev–Trinajstić information content (AvgIpc) is 2.89. The SMILES string of the molecule is Cc1cc(N2CCCCC2)ccc1C=Nn1c(-c2cccc(C(F)(F)F)c2)nc2ccccc2c1=O. The summed E-state index contributed by atoms with van der Waals surface area (Å²) in [7, 11) is 0. The van der Waals surface area contributed by atoms with Gasteiger partial charge in [0.15, 0.2) is 5.82 Å². The number of anilines is 1. The van der Waals surface area contributed by atoms with Crippen molar-refractivity contribution in [3.63, 3.8) is 0 Å². The Morgan fingerprint density at radius 2 is 1.72 bits per heavy atom. The van der Waals surface area contributed by atoms with Gasteiger partial charge in [0.25, 0.3) is 5.56 Å². The third-order valence-corrected chi connectivity index (χ3v) is 6.49. The second-order valence-electron chi connectivity index (χ2n) is 8.98. The molecule has 1 saturated heterocycles. The zero-order valence-electron chi connectivity index (χ0n) is 19.8. The molecular weight excluding hydrogens is 465 g/mol. The zero-order chi connectivity index (χ0) is 25.3. The number of aromatic nitrogens is 2. The van der Waals surface area contributed by atoms with E-state index in [9.17, 15) is 18.0 Å². The van der Waals surface area contributed by atoms with Gasteiger partial charge >= 0.3 is 6.18 Å². The minimum absolute atomic E-state index is 0.0450. The second-order valence-corrected chi connectivity index (χ2v) is 8.98. The largest absolute Gasteiger partial charge is 0.416 e. The number of nitrogens with zero attached hydrogens (tertiary/aromatic N) is 4. The van der Waals surface area contributed by atoms with E-state index in [-0.39, 0.29) is 11.4 Å². The van der Waals surface area contributed by atoms with E-state index in [4.69, 9.17) is 0 Å². The predicted molar refractivity (Wildman–Crippen MR) is 137 cm³/mol. The molecule has 8 heteroatoms. The monoisotopic (exact) mass is 490 g/mol. The Bertz CT molecular complexity index is 1500. The molecule has 0 radical (unpaired) electrons. The highest BCUT2D eigenvalue weighted by Crippen LogP contribution is 2.32. The Labute approximate surface area is 206 Å². The molecule has 1 aliphatic rings. The molecule has 0 N–H and O–H groups in total. The number of hydrogen-bond donors (Lipinski definition) is 0. The van der Waals surface area contributed by atoms with Crippen molar-refractivity contribution < 1.29 is 13.2 Å². The number of benzene rings is 3. The molecule has 4 aromatic rings. The Hall–Kier alpha value is -3.94. The van der Waals surface area contributed by atoms with Gasteiger partial charge in [-0.2, -0.15) is 22.9 Å². The fourth-order valence-electron chi connectivity index (χ4n) is 4.53.